The molecule has 1 amide bonds. The Bertz CT molecular complexity index is 1110. The van der Waals surface area contributed by atoms with Crippen LogP contribution in [0.3, 0.4) is 0 Å². The molecule has 0 saturated heterocycles. The summed E-state index contributed by atoms with van der Waals surface area (Å²) < 4.78 is 12.7. The van der Waals surface area contributed by atoms with E-state index in [4.69, 9.17) is 9.47 Å². The zero-order valence-electron chi connectivity index (χ0n) is 16.2. The number of carbonyl (C=O) groups excluding carboxylic acids is 1. The molecule has 2 aromatic heterocycles. The van der Waals surface area contributed by atoms with E-state index in [1.54, 1.807) is 18.2 Å². The van der Waals surface area contributed by atoms with Crippen molar-refractivity contribution in [2.45, 2.75) is 20.4 Å². The van der Waals surface area contributed by atoms with E-state index in [0.29, 0.717) is 40.7 Å². The van der Waals surface area contributed by atoms with Crippen molar-refractivity contribution < 1.29 is 14.3 Å². The molecule has 0 spiro atoms. The van der Waals surface area contributed by atoms with Crippen LogP contribution in [0.1, 0.15) is 13.8 Å². The summed E-state index contributed by atoms with van der Waals surface area (Å²) in [6.45, 7) is 6.48. The maximum Gasteiger partial charge on any atom is 0.273 e. The fourth-order valence-corrected chi connectivity index (χ4v) is 4.15. The minimum Gasteiger partial charge on any atom is -0.486 e. The predicted octanol–water partition coefficient (Wildman–Crippen LogP) is 2.11. The first kappa shape index (κ1) is 19.2. The third-order valence-electron chi connectivity index (χ3n) is 4.55. The van der Waals surface area contributed by atoms with Crippen molar-refractivity contribution in [3.63, 3.8) is 0 Å². The molecule has 9 nitrogen and oxygen atoms in total. The predicted molar refractivity (Wildman–Crippen MR) is 111 cm³/mol. The molecule has 0 bridgehead atoms. The Morgan fingerprint density at radius 2 is 2.00 bits per heavy atom. The molecule has 152 valence electrons. The largest absolute Gasteiger partial charge is 0.486 e. The van der Waals surface area contributed by atoms with Crippen molar-refractivity contribution in [2.24, 2.45) is 0 Å². The number of thiazole rings is 1. The second-order valence-corrected chi connectivity index (χ2v) is 7.38. The minimum absolute atomic E-state index is 0.144. The Kier molecular flexibility index (Phi) is 5.34. The molecule has 1 aromatic carbocycles. The van der Waals surface area contributed by atoms with E-state index in [1.165, 1.54) is 22.2 Å². The highest BCUT2D eigenvalue weighted by atomic mass is 32.1. The van der Waals surface area contributed by atoms with E-state index in [-0.39, 0.29) is 18.0 Å². The summed E-state index contributed by atoms with van der Waals surface area (Å²) in [5.74, 6) is 0.899. The number of carbonyl (C=O) groups is 1. The lowest BCUT2D eigenvalue weighted by atomic mass is 10.2. The highest BCUT2D eigenvalue weighted by Crippen LogP contribution is 2.32. The van der Waals surface area contributed by atoms with E-state index < -0.39 is 0 Å². The number of hydrogen-bond donors (Lipinski definition) is 1. The van der Waals surface area contributed by atoms with Gasteiger partial charge < -0.3 is 19.7 Å². The fourth-order valence-electron chi connectivity index (χ4n) is 3.05. The number of ether oxygens (including phenoxy) is 2. The number of anilines is 2. The molecule has 0 unspecified atom stereocenters. The normalized spacial score (nSPS) is 12.8. The molecule has 0 fully saturated rings. The molecule has 4 rings (SSSR count). The van der Waals surface area contributed by atoms with E-state index >= 15 is 0 Å². The van der Waals surface area contributed by atoms with Crippen molar-refractivity contribution in [1.82, 2.24) is 14.5 Å². The van der Waals surface area contributed by atoms with Crippen molar-refractivity contribution in [3.05, 3.63) is 34.9 Å². The van der Waals surface area contributed by atoms with Gasteiger partial charge in [0.05, 0.1) is 0 Å². The number of rotatable bonds is 6. The summed E-state index contributed by atoms with van der Waals surface area (Å²) in [5, 5.41) is 3.53. The second-order valence-electron chi connectivity index (χ2n) is 6.41. The van der Waals surface area contributed by atoms with Gasteiger partial charge in [0.1, 0.15) is 30.8 Å². The van der Waals surface area contributed by atoms with Gasteiger partial charge in [-0.3, -0.25) is 14.2 Å². The first-order valence-electron chi connectivity index (χ1n) is 9.39. The minimum atomic E-state index is -0.335. The SMILES string of the molecule is CCN(CC)c1nc2ncn(CC(=O)Nc3ccc4c(c3)OCCO4)c(=O)c2s1. The lowest BCUT2D eigenvalue weighted by molar-refractivity contribution is -0.116. The van der Waals surface area contributed by atoms with E-state index in [2.05, 4.69) is 20.2 Å². The maximum absolute atomic E-state index is 12.8. The van der Waals surface area contributed by atoms with Crippen LogP contribution in [0.2, 0.25) is 0 Å². The topological polar surface area (TPSA) is 98.6 Å². The Labute approximate surface area is 170 Å². The maximum atomic E-state index is 12.8. The number of fused-ring (bicyclic) bond motifs is 2. The zero-order valence-corrected chi connectivity index (χ0v) is 17.0. The van der Waals surface area contributed by atoms with Gasteiger partial charge in [0.25, 0.3) is 5.56 Å². The molecular weight excluding hydrogens is 394 g/mol. The van der Waals surface area contributed by atoms with Gasteiger partial charge in [0.2, 0.25) is 5.91 Å². The number of benzene rings is 1. The van der Waals surface area contributed by atoms with Crippen molar-refractivity contribution in [2.75, 3.05) is 36.5 Å². The van der Waals surface area contributed by atoms with Crippen LogP contribution in [0.4, 0.5) is 10.8 Å². The number of hydrogen-bond acceptors (Lipinski definition) is 8. The third-order valence-corrected chi connectivity index (χ3v) is 5.64. The molecule has 0 saturated carbocycles. The van der Waals surface area contributed by atoms with E-state index in [0.717, 1.165) is 18.2 Å². The molecule has 1 N–H and O–H groups in total. The van der Waals surface area contributed by atoms with Crippen LogP contribution in [0.5, 0.6) is 11.5 Å². The van der Waals surface area contributed by atoms with E-state index in [1.807, 2.05) is 13.8 Å². The highest BCUT2D eigenvalue weighted by molar-refractivity contribution is 7.22. The molecule has 0 atom stereocenters. The summed E-state index contributed by atoms with van der Waals surface area (Å²) in [7, 11) is 0. The molecule has 10 heteroatoms. The molecule has 0 radical (unpaired) electrons. The first-order valence-corrected chi connectivity index (χ1v) is 10.2. The van der Waals surface area contributed by atoms with Crippen LogP contribution in [0.25, 0.3) is 10.3 Å². The Morgan fingerprint density at radius 1 is 1.24 bits per heavy atom. The zero-order chi connectivity index (χ0) is 20.4. The van der Waals surface area contributed by atoms with Gasteiger partial charge in [-0.25, -0.2) is 4.98 Å². The van der Waals surface area contributed by atoms with Gasteiger partial charge in [-0.2, -0.15) is 4.98 Å². The summed E-state index contributed by atoms with van der Waals surface area (Å²) in [5.41, 5.74) is 0.705. The van der Waals surface area contributed by atoms with Gasteiger partial charge in [-0.15, -0.1) is 0 Å². The van der Waals surface area contributed by atoms with Gasteiger partial charge in [0.15, 0.2) is 22.3 Å². The molecular formula is C19H21N5O4S. The van der Waals surface area contributed by atoms with Crippen LogP contribution in [-0.4, -0.2) is 46.7 Å². The van der Waals surface area contributed by atoms with Crippen LogP contribution in [0.15, 0.2) is 29.3 Å². The highest BCUT2D eigenvalue weighted by Gasteiger charge is 2.16. The molecule has 1 aliphatic rings. The summed E-state index contributed by atoms with van der Waals surface area (Å²) in [4.78, 5) is 36.0. The summed E-state index contributed by atoms with van der Waals surface area (Å²) in [6, 6.07) is 5.18. The lowest BCUT2D eigenvalue weighted by Crippen LogP contribution is -2.27. The monoisotopic (exact) mass is 415 g/mol. The molecule has 0 aliphatic carbocycles. The Balaban J connectivity index is 1.52. The van der Waals surface area contributed by atoms with Crippen molar-refractivity contribution >= 4 is 38.4 Å². The smallest absolute Gasteiger partial charge is 0.273 e. The number of amides is 1. The van der Waals surface area contributed by atoms with E-state index in [9.17, 15) is 9.59 Å². The Hall–Kier alpha value is -3.14. The number of nitrogens with one attached hydrogen (secondary N) is 1. The van der Waals surface area contributed by atoms with Crippen LogP contribution in [0, 0.1) is 0 Å². The molecule has 29 heavy (non-hydrogen) atoms. The average molecular weight is 415 g/mol. The van der Waals surface area contributed by atoms with Crippen LogP contribution < -0.4 is 25.2 Å². The molecule has 1 aliphatic heterocycles. The number of aromatic nitrogens is 3. The quantitative estimate of drug-likeness (QED) is 0.658. The Morgan fingerprint density at radius 3 is 2.76 bits per heavy atom. The molecule has 3 heterocycles. The van der Waals surface area contributed by atoms with Crippen molar-refractivity contribution in [3.8, 4) is 11.5 Å². The third kappa shape index (κ3) is 3.88. The van der Waals surface area contributed by atoms with Gasteiger partial charge >= 0.3 is 0 Å². The lowest BCUT2D eigenvalue weighted by Gasteiger charge is -2.19. The summed E-state index contributed by atoms with van der Waals surface area (Å²) >= 11 is 1.30. The average Bonchev–Trinajstić information content (AvgIpc) is 3.16. The van der Waals surface area contributed by atoms with Gasteiger partial charge in [-0.05, 0) is 26.0 Å². The second kappa shape index (κ2) is 8.08. The fraction of sp³-hybridized carbons (Fsp3) is 0.368. The summed E-state index contributed by atoms with van der Waals surface area (Å²) in [6.07, 6.45) is 1.36. The molecule has 3 aromatic rings. The first-order chi connectivity index (χ1) is 14.1. The van der Waals surface area contributed by atoms with Crippen LogP contribution >= 0.6 is 11.3 Å². The standard InChI is InChI=1S/C19H21N5O4S/c1-3-23(4-2)19-22-17-16(29-19)18(26)24(11-20-17)10-15(25)21-12-5-6-13-14(9-12)28-8-7-27-13/h5-6,9,11H,3-4,7-8,10H2,1-2H3,(H,21,25). The van der Waals surface area contributed by atoms with Crippen LogP contribution in [-0.2, 0) is 11.3 Å². The number of nitrogens with zero attached hydrogens (tertiary/aromatic N) is 4. The van der Waals surface area contributed by atoms with Gasteiger partial charge in [0, 0.05) is 24.8 Å². The van der Waals surface area contributed by atoms with Gasteiger partial charge in [-0.1, -0.05) is 11.3 Å². The van der Waals surface area contributed by atoms with Crippen molar-refractivity contribution in [1.29, 1.82) is 0 Å².